The van der Waals surface area contributed by atoms with E-state index in [0.717, 1.165) is 23.7 Å². The van der Waals surface area contributed by atoms with Crippen LogP contribution in [0.15, 0.2) is 47.1 Å². The molecule has 0 saturated heterocycles. The molecule has 142 valence electrons. The van der Waals surface area contributed by atoms with E-state index >= 15 is 0 Å². The Balaban J connectivity index is 0.00000169. The molecule has 5 nitrogen and oxygen atoms in total. The van der Waals surface area contributed by atoms with Crippen LogP contribution in [0.1, 0.15) is 29.6 Å². The predicted molar refractivity (Wildman–Crippen MR) is 111 cm³/mol. The number of amides is 1. The first-order valence-corrected chi connectivity index (χ1v) is 8.86. The number of halogens is 3. The number of nitrogens with one attached hydrogen (secondary N) is 1. The number of hydrogen-bond acceptors (Lipinski definition) is 4. The quantitative estimate of drug-likeness (QED) is 0.692. The number of aromatic nitrogens is 1. The molecule has 1 amide bonds. The molecular weight excluding hydrogens is 441 g/mol. The van der Waals surface area contributed by atoms with Gasteiger partial charge >= 0.3 is 0 Å². The van der Waals surface area contributed by atoms with Crippen LogP contribution in [-0.2, 0) is 0 Å². The molecule has 0 spiro atoms. The molecule has 2 unspecified atom stereocenters. The van der Waals surface area contributed by atoms with Gasteiger partial charge in [0, 0.05) is 16.7 Å². The van der Waals surface area contributed by atoms with E-state index in [1.807, 2.05) is 24.3 Å². The predicted octanol–water partition coefficient (Wildman–Crippen LogP) is 4.34. The molecule has 0 radical (unpaired) electrons. The van der Waals surface area contributed by atoms with Crippen molar-refractivity contribution in [3.8, 4) is 11.6 Å². The van der Waals surface area contributed by atoms with E-state index in [0.29, 0.717) is 29.7 Å². The summed E-state index contributed by atoms with van der Waals surface area (Å²) in [6.45, 7) is 0.597. The number of ether oxygens (including phenoxy) is 1. The Kier molecular flexibility index (Phi) is 9.36. The van der Waals surface area contributed by atoms with E-state index in [9.17, 15) is 4.79 Å². The van der Waals surface area contributed by atoms with Crippen LogP contribution in [0.25, 0.3) is 0 Å². The topological polar surface area (TPSA) is 77.2 Å². The molecule has 8 heteroatoms. The van der Waals surface area contributed by atoms with Gasteiger partial charge in [-0.2, -0.15) is 0 Å². The van der Waals surface area contributed by atoms with Gasteiger partial charge in [0.1, 0.15) is 11.3 Å². The molecule has 2 aromatic rings. The lowest BCUT2D eigenvalue weighted by atomic mass is 10.0. The maximum Gasteiger partial charge on any atom is 0.257 e. The normalized spacial score (nSPS) is 18.4. The average molecular weight is 463 g/mol. The number of carbonyl (C=O) groups excluding carboxylic acids is 1. The van der Waals surface area contributed by atoms with Crippen molar-refractivity contribution < 1.29 is 9.53 Å². The third kappa shape index (κ3) is 5.58. The summed E-state index contributed by atoms with van der Waals surface area (Å²) in [4.78, 5) is 16.9. The van der Waals surface area contributed by atoms with Gasteiger partial charge in [-0.3, -0.25) is 4.79 Å². The molecule has 26 heavy (non-hydrogen) atoms. The number of pyridine rings is 1. The molecule has 0 bridgehead atoms. The van der Waals surface area contributed by atoms with Crippen LogP contribution in [0.4, 0.5) is 0 Å². The molecule has 2 atom stereocenters. The molecule has 0 aliphatic heterocycles. The summed E-state index contributed by atoms with van der Waals surface area (Å²) in [5.74, 6) is 1.12. The van der Waals surface area contributed by atoms with Gasteiger partial charge in [-0.05, 0) is 61.7 Å². The molecule has 1 aliphatic carbocycles. The highest BCUT2D eigenvalue weighted by Gasteiger charge is 2.28. The fourth-order valence-electron chi connectivity index (χ4n) is 3.01. The number of nitrogens with two attached hydrogens (primary N) is 1. The minimum Gasteiger partial charge on any atom is -0.438 e. The van der Waals surface area contributed by atoms with Crippen LogP contribution in [-0.4, -0.2) is 23.5 Å². The Bertz CT molecular complexity index is 716. The first-order valence-electron chi connectivity index (χ1n) is 8.06. The second kappa shape index (κ2) is 10.7. The molecule has 1 aliphatic rings. The highest BCUT2D eigenvalue weighted by molar-refractivity contribution is 9.10. The van der Waals surface area contributed by atoms with Crippen LogP contribution in [0, 0.1) is 5.92 Å². The summed E-state index contributed by atoms with van der Waals surface area (Å²) in [6, 6.07) is 11.0. The van der Waals surface area contributed by atoms with E-state index in [1.165, 1.54) is 0 Å². The summed E-state index contributed by atoms with van der Waals surface area (Å²) < 4.78 is 6.75. The van der Waals surface area contributed by atoms with Gasteiger partial charge in [0.25, 0.3) is 5.91 Å². The van der Waals surface area contributed by atoms with Crippen molar-refractivity contribution in [3.05, 3.63) is 52.6 Å². The van der Waals surface area contributed by atoms with Crippen molar-refractivity contribution in [3.63, 3.8) is 0 Å². The molecule has 1 aromatic heterocycles. The smallest absolute Gasteiger partial charge is 0.257 e. The van der Waals surface area contributed by atoms with Crippen molar-refractivity contribution in [2.45, 2.75) is 25.3 Å². The maximum atomic E-state index is 12.6. The largest absolute Gasteiger partial charge is 0.438 e. The minimum atomic E-state index is -0.166. The van der Waals surface area contributed by atoms with Gasteiger partial charge in [0.05, 0.1) is 0 Å². The number of benzene rings is 1. The van der Waals surface area contributed by atoms with Crippen LogP contribution in [0.5, 0.6) is 11.6 Å². The fourth-order valence-corrected chi connectivity index (χ4v) is 3.28. The Labute approximate surface area is 174 Å². The Morgan fingerprint density at radius 2 is 1.96 bits per heavy atom. The standard InChI is InChI=1S/C18H20BrN3O2.2ClH/c19-13-6-8-14(9-7-13)24-18-15(4-2-10-21-18)17(23)22-16-5-1-3-12(16)11-20;;/h2,4,6-10,12,16H,1,3,5,11,20H2,(H,22,23);2*1H. The first kappa shape index (κ1) is 22.7. The number of carbonyl (C=O) groups is 1. The number of hydrogen-bond donors (Lipinski definition) is 2. The molecule has 1 fully saturated rings. The van der Waals surface area contributed by atoms with E-state index in [-0.39, 0.29) is 36.8 Å². The Morgan fingerprint density at radius 1 is 1.23 bits per heavy atom. The van der Waals surface area contributed by atoms with E-state index < -0.39 is 0 Å². The van der Waals surface area contributed by atoms with Gasteiger partial charge in [0.15, 0.2) is 0 Å². The fraction of sp³-hybridized carbons (Fsp3) is 0.333. The van der Waals surface area contributed by atoms with Gasteiger partial charge in [-0.1, -0.05) is 22.4 Å². The van der Waals surface area contributed by atoms with Crippen LogP contribution >= 0.6 is 40.7 Å². The second-order valence-corrected chi connectivity index (χ2v) is 6.83. The summed E-state index contributed by atoms with van der Waals surface area (Å²) in [5, 5.41) is 3.09. The lowest BCUT2D eigenvalue weighted by molar-refractivity contribution is 0.0926. The van der Waals surface area contributed by atoms with Crippen molar-refractivity contribution in [2.24, 2.45) is 11.7 Å². The molecular formula is C18H22BrCl2N3O2. The average Bonchev–Trinajstić information content (AvgIpc) is 3.04. The zero-order valence-electron chi connectivity index (χ0n) is 14.1. The minimum absolute atomic E-state index is 0. The number of rotatable bonds is 5. The summed E-state index contributed by atoms with van der Waals surface area (Å²) in [6.07, 6.45) is 4.75. The third-order valence-corrected chi connectivity index (χ3v) is 4.85. The van der Waals surface area contributed by atoms with E-state index in [4.69, 9.17) is 10.5 Å². The van der Waals surface area contributed by atoms with Gasteiger partial charge < -0.3 is 15.8 Å². The van der Waals surface area contributed by atoms with Crippen molar-refractivity contribution in [1.82, 2.24) is 10.3 Å². The van der Waals surface area contributed by atoms with Gasteiger partial charge in [-0.15, -0.1) is 24.8 Å². The Morgan fingerprint density at radius 3 is 2.65 bits per heavy atom. The zero-order valence-corrected chi connectivity index (χ0v) is 17.3. The Hall–Kier alpha value is -1.34. The number of nitrogens with zero attached hydrogens (tertiary/aromatic N) is 1. The summed E-state index contributed by atoms with van der Waals surface area (Å²) >= 11 is 3.38. The van der Waals surface area contributed by atoms with Gasteiger partial charge in [0.2, 0.25) is 5.88 Å². The van der Waals surface area contributed by atoms with Crippen molar-refractivity contribution in [1.29, 1.82) is 0 Å². The molecule has 3 N–H and O–H groups in total. The molecule has 1 heterocycles. The van der Waals surface area contributed by atoms with Crippen molar-refractivity contribution >= 4 is 46.7 Å². The van der Waals surface area contributed by atoms with Crippen LogP contribution in [0.3, 0.4) is 0 Å². The lowest BCUT2D eigenvalue weighted by Crippen LogP contribution is -2.40. The lowest BCUT2D eigenvalue weighted by Gasteiger charge is -2.20. The summed E-state index contributed by atoms with van der Waals surface area (Å²) in [5.41, 5.74) is 6.22. The van der Waals surface area contributed by atoms with Gasteiger partial charge in [-0.25, -0.2) is 4.98 Å². The van der Waals surface area contributed by atoms with E-state index in [1.54, 1.807) is 18.3 Å². The van der Waals surface area contributed by atoms with Crippen molar-refractivity contribution in [2.75, 3.05) is 6.54 Å². The molecule has 3 rings (SSSR count). The third-order valence-electron chi connectivity index (χ3n) is 4.32. The molecule has 1 aromatic carbocycles. The van der Waals surface area contributed by atoms with E-state index in [2.05, 4.69) is 26.2 Å². The SMILES string of the molecule is Cl.Cl.NCC1CCCC1NC(=O)c1cccnc1Oc1ccc(Br)cc1. The van der Waals surface area contributed by atoms with Crippen LogP contribution < -0.4 is 15.8 Å². The first-order chi connectivity index (χ1) is 11.7. The second-order valence-electron chi connectivity index (χ2n) is 5.92. The highest BCUT2D eigenvalue weighted by atomic mass is 79.9. The highest BCUT2D eigenvalue weighted by Crippen LogP contribution is 2.27. The summed E-state index contributed by atoms with van der Waals surface area (Å²) in [7, 11) is 0. The molecule has 1 saturated carbocycles. The zero-order chi connectivity index (χ0) is 16.9. The maximum absolute atomic E-state index is 12.6. The van der Waals surface area contributed by atoms with Crippen LogP contribution in [0.2, 0.25) is 0 Å². The monoisotopic (exact) mass is 461 g/mol.